The first kappa shape index (κ1) is 22.1. The van der Waals surface area contributed by atoms with Gasteiger partial charge in [-0.2, -0.15) is 0 Å². The maximum Gasteiger partial charge on any atom is 0.439 e. The smallest absolute Gasteiger partial charge is 0.439 e. The van der Waals surface area contributed by atoms with Crippen molar-refractivity contribution in [2.75, 3.05) is 0 Å². The van der Waals surface area contributed by atoms with Gasteiger partial charge in [-0.1, -0.05) is 47.1 Å². The molecule has 0 saturated heterocycles. The lowest BCUT2D eigenvalue weighted by Gasteiger charge is -2.15. The van der Waals surface area contributed by atoms with E-state index in [1.165, 1.54) is 0 Å². The molecule has 9 heteroatoms. The van der Waals surface area contributed by atoms with Crippen LogP contribution < -0.4 is 10.5 Å². The van der Waals surface area contributed by atoms with Crippen LogP contribution in [0.4, 0.5) is 0 Å². The Hall–Kier alpha value is -4.17. The van der Waals surface area contributed by atoms with E-state index < -0.39 is 5.76 Å². The van der Waals surface area contributed by atoms with Crippen LogP contribution in [0, 0.1) is 0 Å². The lowest BCUT2D eigenvalue weighted by molar-refractivity contribution is 0.307. The van der Waals surface area contributed by atoms with Crippen LogP contribution in [0.15, 0.2) is 64.0 Å². The molecule has 2 aromatic carbocycles. The Morgan fingerprint density at radius 2 is 2.03 bits per heavy atom. The predicted octanol–water partition coefficient (Wildman–Crippen LogP) is 5.56. The number of nitrogens with zero attached hydrogens (tertiary/aromatic N) is 4. The first-order valence-electron chi connectivity index (χ1n) is 12.2. The number of aromatic amines is 1. The van der Waals surface area contributed by atoms with Gasteiger partial charge in [-0.05, 0) is 60.2 Å². The largest absolute Gasteiger partial charge is 0.488 e. The number of para-hydroxylation sites is 1. The van der Waals surface area contributed by atoms with Gasteiger partial charge in [-0.25, -0.2) is 14.8 Å². The third-order valence-electron chi connectivity index (χ3n) is 7.05. The van der Waals surface area contributed by atoms with Gasteiger partial charge < -0.3 is 9.30 Å². The van der Waals surface area contributed by atoms with E-state index in [1.807, 2.05) is 31.2 Å². The monoisotopic (exact) mass is 511 g/mol. The number of pyridine rings is 1. The summed E-state index contributed by atoms with van der Waals surface area (Å²) < 4.78 is 13.2. The minimum atomic E-state index is -0.587. The van der Waals surface area contributed by atoms with Gasteiger partial charge in [0.25, 0.3) is 0 Å². The van der Waals surface area contributed by atoms with Crippen LogP contribution in [0.5, 0.6) is 5.75 Å². The molecule has 0 spiro atoms. The summed E-state index contributed by atoms with van der Waals surface area (Å²) in [4.78, 5) is 23.8. The van der Waals surface area contributed by atoms with E-state index in [-0.39, 0.29) is 0 Å². The zero-order valence-electron chi connectivity index (χ0n) is 20.0. The predicted molar refractivity (Wildman–Crippen MR) is 140 cm³/mol. The van der Waals surface area contributed by atoms with Crippen molar-refractivity contribution in [1.29, 1.82) is 0 Å². The molecule has 4 heterocycles. The molecule has 0 atom stereocenters. The molecule has 5 aromatic rings. The van der Waals surface area contributed by atoms with Crippen molar-refractivity contribution < 1.29 is 9.26 Å². The van der Waals surface area contributed by atoms with Crippen LogP contribution in [0.25, 0.3) is 22.3 Å². The molecule has 0 amide bonds. The van der Waals surface area contributed by atoms with Gasteiger partial charge in [0.1, 0.15) is 23.7 Å². The molecule has 1 N–H and O–H groups in total. The van der Waals surface area contributed by atoms with Gasteiger partial charge in [-0.3, -0.25) is 9.51 Å². The van der Waals surface area contributed by atoms with Crippen molar-refractivity contribution >= 4 is 33.9 Å². The van der Waals surface area contributed by atoms with Crippen LogP contribution in [0.3, 0.4) is 0 Å². The molecule has 8 nitrogen and oxygen atoms in total. The highest BCUT2D eigenvalue weighted by Gasteiger charge is 2.31. The normalized spacial score (nSPS) is 16.2. The second kappa shape index (κ2) is 8.45. The molecular weight excluding hydrogens is 490 g/mol. The third-order valence-corrected chi connectivity index (χ3v) is 7.35. The topological polar surface area (TPSA) is 98.8 Å². The van der Waals surface area contributed by atoms with Gasteiger partial charge in [-0.15, -0.1) is 0 Å². The summed E-state index contributed by atoms with van der Waals surface area (Å²) in [7, 11) is 0. The molecule has 1 aliphatic carbocycles. The first-order chi connectivity index (χ1) is 18.1. The standard InChI is InChI=1S/C28H22ClN5O3/c1-15(25-32-28(35)37-33-25)23-19-9-6-16(12-18(19)14-36-22-5-3-2-4-20(22)23)13-34-26(17-7-8-17)31-24-21(29)10-11-30-27(24)34/h2-6,9-12,17H,7-8,13-14H2,1H3,(H,32,33,35)/b23-15-. The number of rotatable bonds is 4. The van der Waals surface area contributed by atoms with Crippen LogP contribution >= 0.6 is 11.6 Å². The maximum atomic E-state index is 11.7. The molecule has 0 radical (unpaired) electrons. The third kappa shape index (κ3) is 3.76. The molecule has 37 heavy (non-hydrogen) atoms. The Morgan fingerprint density at radius 3 is 2.84 bits per heavy atom. The maximum absolute atomic E-state index is 11.7. The molecule has 1 saturated carbocycles. The molecule has 184 valence electrons. The van der Waals surface area contributed by atoms with Gasteiger partial charge in [0.15, 0.2) is 11.5 Å². The average Bonchev–Trinajstić information content (AvgIpc) is 3.59. The number of hydrogen-bond acceptors (Lipinski definition) is 6. The number of aromatic nitrogens is 5. The van der Waals surface area contributed by atoms with Crippen LogP contribution in [0.2, 0.25) is 5.02 Å². The SMILES string of the molecule is C/C(=C1\c2ccc(Cn3c(C4CC4)nc4c(Cl)ccnc43)cc2COc2ccccc21)c1noc(=O)[nH]1. The molecule has 1 aliphatic heterocycles. The van der Waals surface area contributed by atoms with E-state index in [1.54, 1.807) is 12.3 Å². The van der Waals surface area contributed by atoms with Gasteiger partial charge in [0.2, 0.25) is 0 Å². The number of imidazole rings is 1. The zero-order chi connectivity index (χ0) is 25.1. The summed E-state index contributed by atoms with van der Waals surface area (Å²) >= 11 is 6.45. The molecule has 2 aliphatic rings. The second-order valence-electron chi connectivity index (χ2n) is 9.52. The fourth-order valence-corrected chi connectivity index (χ4v) is 5.30. The number of H-pyrrole nitrogens is 1. The van der Waals surface area contributed by atoms with Gasteiger partial charge in [0.05, 0.1) is 11.6 Å². The van der Waals surface area contributed by atoms with Crippen molar-refractivity contribution in [3.63, 3.8) is 0 Å². The molecule has 1 fully saturated rings. The highest BCUT2D eigenvalue weighted by atomic mass is 35.5. The summed E-state index contributed by atoms with van der Waals surface area (Å²) in [6, 6.07) is 16.1. The minimum absolute atomic E-state index is 0.397. The fourth-order valence-electron chi connectivity index (χ4n) is 5.12. The molecule has 0 bridgehead atoms. The second-order valence-corrected chi connectivity index (χ2v) is 9.92. The van der Waals surface area contributed by atoms with Crippen LogP contribution in [-0.4, -0.2) is 24.7 Å². The summed E-state index contributed by atoms with van der Waals surface area (Å²) in [6.07, 6.45) is 4.00. The number of ether oxygens (including phenoxy) is 1. The zero-order valence-corrected chi connectivity index (χ0v) is 20.7. The number of benzene rings is 2. The molecule has 0 unspecified atom stereocenters. The Kier molecular flexibility index (Phi) is 5.04. The summed E-state index contributed by atoms with van der Waals surface area (Å²) in [5.74, 6) is 2.08. The average molecular weight is 512 g/mol. The van der Waals surface area contributed by atoms with E-state index in [2.05, 4.69) is 37.9 Å². The summed E-state index contributed by atoms with van der Waals surface area (Å²) in [5.41, 5.74) is 7.41. The molecule has 7 rings (SSSR count). The molecule has 3 aromatic heterocycles. The lowest BCUT2D eigenvalue weighted by Crippen LogP contribution is -2.07. The highest BCUT2D eigenvalue weighted by Crippen LogP contribution is 2.43. The van der Waals surface area contributed by atoms with Crippen molar-refractivity contribution in [3.8, 4) is 5.75 Å². The van der Waals surface area contributed by atoms with Crippen molar-refractivity contribution in [3.05, 3.63) is 104 Å². The van der Waals surface area contributed by atoms with Crippen molar-refractivity contribution in [2.45, 2.75) is 38.8 Å². The van der Waals surface area contributed by atoms with E-state index in [4.69, 9.17) is 25.8 Å². The van der Waals surface area contributed by atoms with E-state index >= 15 is 0 Å². The summed E-state index contributed by atoms with van der Waals surface area (Å²) in [5, 5.41) is 4.55. The number of halogens is 1. The quantitative estimate of drug-likeness (QED) is 0.339. The van der Waals surface area contributed by atoms with E-state index in [0.29, 0.717) is 29.9 Å². The van der Waals surface area contributed by atoms with E-state index in [0.717, 1.165) is 69.0 Å². The highest BCUT2D eigenvalue weighted by molar-refractivity contribution is 6.34. The number of fused-ring (bicyclic) bond motifs is 3. The van der Waals surface area contributed by atoms with Crippen molar-refractivity contribution in [2.24, 2.45) is 0 Å². The van der Waals surface area contributed by atoms with Crippen LogP contribution in [-0.2, 0) is 13.2 Å². The van der Waals surface area contributed by atoms with Gasteiger partial charge >= 0.3 is 5.76 Å². The lowest BCUT2D eigenvalue weighted by atomic mass is 9.89. The number of allylic oxidation sites excluding steroid dienone is 1. The summed E-state index contributed by atoms with van der Waals surface area (Å²) in [6.45, 7) is 2.97. The Balaban J connectivity index is 1.36. The number of hydrogen-bond donors (Lipinski definition) is 1. The fraction of sp³-hybridized carbons (Fsp3) is 0.214. The minimum Gasteiger partial charge on any atom is -0.488 e. The number of nitrogens with one attached hydrogen (secondary N) is 1. The van der Waals surface area contributed by atoms with Gasteiger partial charge in [0, 0.05) is 23.3 Å². The first-order valence-corrected chi connectivity index (χ1v) is 12.6. The molecular formula is C28H22ClN5O3. The Bertz CT molecular complexity index is 1780. The Morgan fingerprint density at radius 1 is 1.16 bits per heavy atom. The van der Waals surface area contributed by atoms with Crippen LogP contribution in [0.1, 0.15) is 59.6 Å². The Labute approximate surface area is 216 Å². The van der Waals surface area contributed by atoms with E-state index in [9.17, 15) is 4.79 Å². The van der Waals surface area contributed by atoms with Crippen molar-refractivity contribution in [1.82, 2.24) is 24.7 Å².